The van der Waals surface area contributed by atoms with E-state index >= 15 is 0 Å². The van der Waals surface area contributed by atoms with Gasteiger partial charge in [0.05, 0.1) is 12.8 Å². The Morgan fingerprint density at radius 1 is 1.37 bits per heavy atom. The summed E-state index contributed by atoms with van der Waals surface area (Å²) in [5, 5.41) is 11.5. The number of nitrogens with zero attached hydrogens (tertiary/aromatic N) is 1. The quantitative estimate of drug-likeness (QED) is 0.886. The van der Waals surface area contributed by atoms with Gasteiger partial charge in [-0.05, 0) is 24.3 Å². The molecule has 0 saturated heterocycles. The minimum Gasteiger partial charge on any atom is -0.497 e. The molecule has 1 heterocycles. The highest BCUT2D eigenvalue weighted by molar-refractivity contribution is 5.85. The molecule has 0 saturated carbocycles. The van der Waals surface area contributed by atoms with Crippen LogP contribution >= 0.6 is 0 Å². The fourth-order valence-electron chi connectivity index (χ4n) is 1.49. The van der Waals surface area contributed by atoms with Crippen molar-refractivity contribution in [2.75, 3.05) is 12.4 Å². The Kier molecular flexibility index (Phi) is 3.61. The van der Waals surface area contributed by atoms with E-state index in [1.165, 1.54) is 37.4 Å². The van der Waals surface area contributed by atoms with Gasteiger partial charge in [-0.1, -0.05) is 6.07 Å². The van der Waals surface area contributed by atoms with Gasteiger partial charge in [0.2, 0.25) is 0 Å². The second-order valence-corrected chi connectivity index (χ2v) is 3.68. The summed E-state index contributed by atoms with van der Waals surface area (Å²) in [4.78, 5) is 14.6. The molecular formula is C13H11FN2O3. The molecule has 0 aliphatic heterocycles. The van der Waals surface area contributed by atoms with Gasteiger partial charge in [0.25, 0.3) is 0 Å². The summed E-state index contributed by atoms with van der Waals surface area (Å²) in [6, 6.07) is 8.63. The number of hydrogen-bond donors (Lipinski definition) is 2. The van der Waals surface area contributed by atoms with Crippen LogP contribution in [0.2, 0.25) is 0 Å². The highest BCUT2D eigenvalue weighted by Crippen LogP contribution is 2.23. The standard InChI is InChI=1S/C13H11FN2O3/c1-19-8-5-6-9(14)11(7-8)16-12-4-2-3-10(15-12)13(17)18/h2-7H,1H3,(H,15,16)(H,17,18). The van der Waals surface area contributed by atoms with Gasteiger partial charge in [-0.3, -0.25) is 0 Å². The molecule has 6 heteroatoms. The summed E-state index contributed by atoms with van der Waals surface area (Å²) in [6.45, 7) is 0. The number of carbonyl (C=O) groups is 1. The maximum Gasteiger partial charge on any atom is 0.354 e. The zero-order chi connectivity index (χ0) is 13.8. The molecule has 0 amide bonds. The molecule has 0 unspecified atom stereocenters. The molecule has 1 aromatic carbocycles. The van der Waals surface area contributed by atoms with Crippen molar-refractivity contribution in [2.24, 2.45) is 0 Å². The third-order valence-corrected chi connectivity index (χ3v) is 2.40. The van der Waals surface area contributed by atoms with Crippen molar-refractivity contribution >= 4 is 17.5 Å². The third-order valence-electron chi connectivity index (χ3n) is 2.40. The normalized spacial score (nSPS) is 10.0. The van der Waals surface area contributed by atoms with Gasteiger partial charge in [0, 0.05) is 6.07 Å². The van der Waals surface area contributed by atoms with Crippen LogP contribution < -0.4 is 10.1 Å². The van der Waals surface area contributed by atoms with E-state index in [2.05, 4.69) is 10.3 Å². The van der Waals surface area contributed by atoms with Gasteiger partial charge in [-0.2, -0.15) is 0 Å². The summed E-state index contributed by atoms with van der Waals surface area (Å²) >= 11 is 0. The molecule has 0 fully saturated rings. The van der Waals surface area contributed by atoms with Crippen LogP contribution in [0.3, 0.4) is 0 Å². The molecule has 0 atom stereocenters. The lowest BCUT2D eigenvalue weighted by Gasteiger charge is -2.09. The lowest BCUT2D eigenvalue weighted by Crippen LogP contribution is -2.03. The number of halogens is 1. The summed E-state index contributed by atoms with van der Waals surface area (Å²) in [7, 11) is 1.47. The fraction of sp³-hybridized carbons (Fsp3) is 0.0769. The van der Waals surface area contributed by atoms with E-state index in [-0.39, 0.29) is 17.2 Å². The molecule has 0 radical (unpaired) electrons. The number of rotatable bonds is 4. The van der Waals surface area contributed by atoms with Crippen LogP contribution in [0, 0.1) is 5.82 Å². The molecule has 98 valence electrons. The molecule has 5 nitrogen and oxygen atoms in total. The molecule has 0 spiro atoms. The van der Waals surface area contributed by atoms with Crippen LogP contribution in [0.15, 0.2) is 36.4 Å². The van der Waals surface area contributed by atoms with Gasteiger partial charge < -0.3 is 15.2 Å². The number of methoxy groups -OCH3 is 1. The predicted molar refractivity (Wildman–Crippen MR) is 67.4 cm³/mol. The van der Waals surface area contributed by atoms with E-state index in [0.29, 0.717) is 5.75 Å². The Bertz CT molecular complexity index is 617. The molecule has 2 aromatic rings. The van der Waals surface area contributed by atoms with Crippen molar-refractivity contribution in [3.63, 3.8) is 0 Å². The highest BCUT2D eigenvalue weighted by Gasteiger charge is 2.08. The Labute approximate surface area is 108 Å². The van der Waals surface area contributed by atoms with Crippen molar-refractivity contribution in [1.82, 2.24) is 4.98 Å². The van der Waals surface area contributed by atoms with E-state index < -0.39 is 11.8 Å². The molecule has 19 heavy (non-hydrogen) atoms. The van der Waals surface area contributed by atoms with Crippen molar-refractivity contribution in [1.29, 1.82) is 0 Å². The number of benzene rings is 1. The number of aromatic carboxylic acids is 1. The van der Waals surface area contributed by atoms with Crippen molar-refractivity contribution < 1.29 is 19.0 Å². The average molecular weight is 262 g/mol. The van der Waals surface area contributed by atoms with E-state index in [9.17, 15) is 9.18 Å². The molecule has 0 aliphatic carbocycles. The van der Waals surface area contributed by atoms with Crippen LogP contribution in [0.4, 0.5) is 15.9 Å². The SMILES string of the molecule is COc1ccc(F)c(Nc2cccc(C(=O)O)n2)c1. The second kappa shape index (κ2) is 5.34. The highest BCUT2D eigenvalue weighted by atomic mass is 19.1. The summed E-state index contributed by atoms with van der Waals surface area (Å²) in [5.41, 5.74) is 0.0442. The van der Waals surface area contributed by atoms with Gasteiger partial charge in [-0.15, -0.1) is 0 Å². The first kappa shape index (κ1) is 12.8. The van der Waals surface area contributed by atoms with Crippen molar-refractivity contribution in [2.45, 2.75) is 0 Å². The van der Waals surface area contributed by atoms with Crippen LogP contribution in [-0.4, -0.2) is 23.2 Å². The minimum absolute atomic E-state index is 0.117. The summed E-state index contributed by atoms with van der Waals surface area (Å²) in [6.07, 6.45) is 0. The molecule has 1 aromatic heterocycles. The van der Waals surface area contributed by atoms with Gasteiger partial charge in [0.1, 0.15) is 17.4 Å². The third kappa shape index (κ3) is 2.98. The first-order valence-corrected chi connectivity index (χ1v) is 5.41. The zero-order valence-corrected chi connectivity index (χ0v) is 10.1. The monoisotopic (exact) mass is 262 g/mol. The number of nitrogens with one attached hydrogen (secondary N) is 1. The molecule has 2 N–H and O–H groups in total. The number of ether oxygens (including phenoxy) is 1. The van der Waals surface area contributed by atoms with E-state index in [1.54, 1.807) is 6.07 Å². The Balaban J connectivity index is 2.30. The Hall–Kier alpha value is -2.63. The maximum atomic E-state index is 13.6. The lowest BCUT2D eigenvalue weighted by atomic mass is 10.2. The van der Waals surface area contributed by atoms with E-state index in [1.807, 2.05) is 0 Å². The number of pyridine rings is 1. The van der Waals surface area contributed by atoms with E-state index in [0.717, 1.165) is 0 Å². The number of anilines is 2. The second-order valence-electron chi connectivity index (χ2n) is 3.68. The van der Waals surface area contributed by atoms with Gasteiger partial charge in [-0.25, -0.2) is 14.2 Å². The minimum atomic E-state index is -1.14. The topological polar surface area (TPSA) is 71.5 Å². The number of carboxylic acid groups (broad SMARTS) is 1. The first-order valence-electron chi connectivity index (χ1n) is 5.41. The zero-order valence-electron chi connectivity index (χ0n) is 10.1. The fourth-order valence-corrected chi connectivity index (χ4v) is 1.49. The Morgan fingerprint density at radius 3 is 2.84 bits per heavy atom. The largest absolute Gasteiger partial charge is 0.497 e. The first-order chi connectivity index (χ1) is 9.10. The predicted octanol–water partition coefficient (Wildman–Crippen LogP) is 2.67. The van der Waals surface area contributed by atoms with Crippen LogP contribution in [0.5, 0.6) is 5.75 Å². The van der Waals surface area contributed by atoms with Crippen molar-refractivity contribution in [3.8, 4) is 5.75 Å². The van der Waals surface area contributed by atoms with Gasteiger partial charge >= 0.3 is 5.97 Å². The average Bonchev–Trinajstić information content (AvgIpc) is 2.41. The number of hydrogen-bond acceptors (Lipinski definition) is 4. The molecule has 0 bridgehead atoms. The number of carboxylic acids is 1. The number of aromatic nitrogens is 1. The van der Waals surface area contributed by atoms with Gasteiger partial charge in [0.15, 0.2) is 5.69 Å². The summed E-state index contributed by atoms with van der Waals surface area (Å²) < 4.78 is 18.6. The van der Waals surface area contributed by atoms with Crippen molar-refractivity contribution in [3.05, 3.63) is 47.9 Å². The molecule has 2 rings (SSSR count). The summed E-state index contributed by atoms with van der Waals surface area (Å²) in [5.74, 6) is -0.900. The smallest absolute Gasteiger partial charge is 0.354 e. The lowest BCUT2D eigenvalue weighted by molar-refractivity contribution is 0.0690. The van der Waals surface area contributed by atoms with Crippen LogP contribution in [0.25, 0.3) is 0 Å². The molecule has 0 aliphatic rings. The molecular weight excluding hydrogens is 251 g/mol. The van der Waals surface area contributed by atoms with Crippen LogP contribution in [-0.2, 0) is 0 Å². The van der Waals surface area contributed by atoms with Crippen LogP contribution in [0.1, 0.15) is 10.5 Å². The maximum absolute atomic E-state index is 13.6. The van der Waals surface area contributed by atoms with E-state index in [4.69, 9.17) is 9.84 Å². The Morgan fingerprint density at radius 2 is 2.16 bits per heavy atom.